The van der Waals surface area contributed by atoms with Crippen LogP contribution >= 0.6 is 11.3 Å². The van der Waals surface area contributed by atoms with E-state index >= 15 is 0 Å². The van der Waals surface area contributed by atoms with E-state index < -0.39 is 10.0 Å². The van der Waals surface area contributed by atoms with Crippen molar-refractivity contribution < 1.29 is 8.42 Å². The van der Waals surface area contributed by atoms with Crippen molar-refractivity contribution in [2.75, 3.05) is 25.5 Å². The first-order chi connectivity index (χ1) is 8.52. The molecule has 0 unspecified atom stereocenters. The van der Waals surface area contributed by atoms with Crippen LogP contribution < -0.4 is 5.32 Å². The molecule has 6 nitrogen and oxygen atoms in total. The third-order valence-electron chi connectivity index (χ3n) is 2.66. The third-order valence-corrected chi connectivity index (χ3v) is 5.38. The maximum absolute atomic E-state index is 12.5. The van der Waals surface area contributed by atoms with E-state index in [-0.39, 0.29) is 5.03 Å². The molecule has 2 heterocycles. The van der Waals surface area contributed by atoms with Gasteiger partial charge in [-0.1, -0.05) is 6.92 Å². The minimum Gasteiger partial charge on any atom is -0.368 e. The summed E-state index contributed by atoms with van der Waals surface area (Å²) < 4.78 is 27.9. The summed E-state index contributed by atoms with van der Waals surface area (Å²) in [6.07, 6.45) is 1.73. The summed E-state index contributed by atoms with van der Waals surface area (Å²) in [6.45, 7) is 4.76. The first kappa shape index (κ1) is 13.3. The Labute approximate surface area is 110 Å². The van der Waals surface area contributed by atoms with Crippen LogP contribution in [0.15, 0.2) is 16.6 Å². The Kier molecular flexibility index (Phi) is 3.60. The van der Waals surface area contributed by atoms with Gasteiger partial charge < -0.3 is 5.32 Å². The van der Waals surface area contributed by atoms with Crippen molar-refractivity contribution in [2.45, 2.75) is 18.9 Å². The van der Waals surface area contributed by atoms with Crippen molar-refractivity contribution in [3.05, 3.63) is 11.6 Å². The average Bonchev–Trinajstić information content (AvgIpc) is 2.87. The van der Waals surface area contributed by atoms with Crippen molar-refractivity contribution in [3.63, 3.8) is 0 Å². The predicted octanol–water partition coefficient (Wildman–Crippen LogP) is 1.47. The fourth-order valence-corrected chi connectivity index (χ4v) is 3.78. The van der Waals surface area contributed by atoms with Crippen LogP contribution in [0.25, 0.3) is 4.96 Å². The number of rotatable bonds is 5. The van der Waals surface area contributed by atoms with Crippen LogP contribution in [0.5, 0.6) is 0 Å². The Morgan fingerprint density at radius 3 is 2.83 bits per heavy atom. The van der Waals surface area contributed by atoms with E-state index in [9.17, 15) is 8.42 Å². The molecule has 0 radical (unpaired) electrons. The first-order valence-electron chi connectivity index (χ1n) is 5.68. The van der Waals surface area contributed by atoms with Crippen LogP contribution in [-0.2, 0) is 10.0 Å². The number of sulfonamides is 1. The van der Waals surface area contributed by atoms with E-state index in [1.165, 1.54) is 15.6 Å². The van der Waals surface area contributed by atoms with Crippen LogP contribution in [0.3, 0.4) is 0 Å². The van der Waals surface area contributed by atoms with Crippen LogP contribution in [0.4, 0.5) is 5.82 Å². The largest absolute Gasteiger partial charge is 0.368 e. The first-order valence-corrected chi connectivity index (χ1v) is 8.00. The van der Waals surface area contributed by atoms with Crippen LogP contribution in [0.2, 0.25) is 0 Å². The van der Waals surface area contributed by atoms with Gasteiger partial charge in [-0.25, -0.2) is 13.4 Å². The summed E-state index contributed by atoms with van der Waals surface area (Å²) >= 11 is 1.41. The molecule has 0 aromatic carbocycles. The molecule has 0 aliphatic carbocycles. The fourth-order valence-electron chi connectivity index (χ4n) is 1.61. The number of anilines is 1. The lowest BCUT2D eigenvalue weighted by Crippen LogP contribution is -2.28. The predicted molar refractivity (Wildman–Crippen MR) is 72.7 cm³/mol. The zero-order valence-corrected chi connectivity index (χ0v) is 12.2. The second-order valence-corrected chi connectivity index (χ2v) is 6.60. The highest BCUT2D eigenvalue weighted by molar-refractivity contribution is 7.89. The molecule has 0 spiro atoms. The maximum atomic E-state index is 12.5. The fraction of sp³-hybridized carbons (Fsp3) is 0.500. The molecular formula is C10H16N4O2S2. The van der Waals surface area contributed by atoms with Gasteiger partial charge in [0.05, 0.1) is 0 Å². The third kappa shape index (κ3) is 2.00. The summed E-state index contributed by atoms with van der Waals surface area (Å²) in [5.41, 5.74) is 0. The smallest absolute Gasteiger partial charge is 0.262 e. The highest BCUT2D eigenvalue weighted by Crippen LogP contribution is 2.27. The number of fused-ring (bicyclic) bond motifs is 1. The van der Waals surface area contributed by atoms with E-state index in [0.717, 1.165) is 0 Å². The molecule has 1 N–H and O–H groups in total. The van der Waals surface area contributed by atoms with Crippen LogP contribution in [0, 0.1) is 0 Å². The Bertz CT molecular complexity index is 644. The Hall–Kier alpha value is -1.12. The van der Waals surface area contributed by atoms with Crippen molar-refractivity contribution in [2.24, 2.45) is 0 Å². The number of thiazole rings is 1. The molecule has 100 valence electrons. The van der Waals surface area contributed by atoms with Crippen molar-refractivity contribution in [3.8, 4) is 0 Å². The number of aromatic nitrogens is 2. The Morgan fingerprint density at radius 1 is 1.50 bits per heavy atom. The quantitative estimate of drug-likeness (QED) is 0.904. The highest BCUT2D eigenvalue weighted by Gasteiger charge is 2.28. The maximum Gasteiger partial charge on any atom is 0.262 e. The second kappa shape index (κ2) is 4.87. The average molecular weight is 288 g/mol. The molecule has 0 amide bonds. The topological polar surface area (TPSA) is 66.7 Å². The van der Waals surface area contributed by atoms with E-state index in [0.29, 0.717) is 23.9 Å². The minimum atomic E-state index is -3.52. The molecule has 8 heteroatoms. The van der Waals surface area contributed by atoms with Gasteiger partial charge in [-0.2, -0.15) is 4.31 Å². The molecule has 0 saturated heterocycles. The molecule has 0 aliphatic heterocycles. The van der Waals surface area contributed by atoms with Crippen molar-refractivity contribution in [1.82, 2.24) is 13.7 Å². The van der Waals surface area contributed by atoms with Gasteiger partial charge in [0.15, 0.2) is 15.8 Å². The normalized spacial score (nSPS) is 12.4. The number of imidazole rings is 1. The Morgan fingerprint density at radius 2 is 2.22 bits per heavy atom. The zero-order valence-electron chi connectivity index (χ0n) is 10.5. The molecule has 2 aromatic rings. The number of nitrogens with zero attached hydrogens (tertiary/aromatic N) is 3. The zero-order chi connectivity index (χ0) is 13.3. The van der Waals surface area contributed by atoms with Gasteiger partial charge >= 0.3 is 0 Å². The van der Waals surface area contributed by atoms with Gasteiger partial charge in [0.1, 0.15) is 0 Å². The molecule has 2 aromatic heterocycles. The van der Waals surface area contributed by atoms with Gasteiger partial charge in [-0.05, 0) is 6.92 Å². The molecule has 18 heavy (non-hydrogen) atoms. The number of hydrogen-bond acceptors (Lipinski definition) is 5. The second-order valence-electron chi connectivity index (χ2n) is 3.77. The molecule has 2 rings (SSSR count). The van der Waals surface area contributed by atoms with E-state index in [4.69, 9.17) is 0 Å². The number of nitrogens with one attached hydrogen (secondary N) is 1. The lowest BCUT2D eigenvalue weighted by atomic mass is 10.6. The van der Waals surface area contributed by atoms with Crippen molar-refractivity contribution in [1.29, 1.82) is 0 Å². The van der Waals surface area contributed by atoms with E-state index in [2.05, 4.69) is 10.3 Å². The lowest BCUT2D eigenvalue weighted by molar-refractivity contribution is 0.483. The van der Waals surface area contributed by atoms with E-state index in [1.54, 1.807) is 24.6 Å². The highest BCUT2D eigenvalue weighted by atomic mass is 32.2. The molecule has 0 saturated carbocycles. The summed E-state index contributed by atoms with van der Waals surface area (Å²) in [4.78, 5) is 4.98. The summed E-state index contributed by atoms with van der Waals surface area (Å²) in [5.74, 6) is 0.421. The molecule has 0 fully saturated rings. The Balaban J connectivity index is 2.67. The summed E-state index contributed by atoms with van der Waals surface area (Å²) in [6, 6.07) is 0. The van der Waals surface area contributed by atoms with Crippen LogP contribution in [0.1, 0.15) is 13.8 Å². The monoisotopic (exact) mass is 288 g/mol. The minimum absolute atomic E-state index is 0.213. The molecular weight excluding hydrogens is 272 g/mol. The molecule has 0 bridgehead atoms. The number of hydrogen-bond donors (Lipinski definition) is 1. The van der Waals surface area contributed by atoms with Crippen molar-refractivity contribution >= 4 is 32.1 Å². The van der Waals surface area contributed by atoms with Crippen LogP contribution in [-0.4, -0.2) is 42.2 Å². The van der Waals surface area contributed by atoms with Gasteiger partial charge in [0.2, 0.25) is 0 Å². The summed E-state index contributed by atoms with van der Waals surface area (Å²) in [7, 11) is -1.95. The van der Waals surface area contributed by atoms with Gasteiger partial charge in [0.25, 0.3) is 10.0 Å². The van der Waals surface area contributed by atoms with Gasteiger partial charge in [0, 0.05) is 31.7 Å². The molecule has 0 atom stereocenters. The lowest BCUT2D eigenvalue weighted by Gasteiger charge is -2.15. The molecule has 0 aliphatic rings. The standard InChI is InChI=1S/C10H16N4O2S2/c1-4-11-8-9(18(15,16)13(3)5-2)14-6-7-17-10(14)12-8/h6-7,11H,4-5H2,1-3H3. The van der Waals surface area contributed by atoms with E-state index in [1.807, 2.05) is 12.3 Å². The summed E-state index contributed by atoms with van der Waals surface area (Å²) in [5, 5.41) is 5.04. The SMILES string of the molecule is CCNc1nc2sccn2c1S(=O)(=O)N(C)CC. The van der Waals surface area contributed by atoms with Gasteiger partial charge in [-0.15, -0.1) is 11.3 Å². The van der Waals surface area contributed by atoms with Gasteiger partial charge in [-0.3, -0.25) is 4.40 Å².